The maximum absolute atomic E-state index is 12.6. The lowest BCUT2D eigenvalue weighted by atomic mass is 9.95. The molecule has 2 heterocycles. The fourth-order valence-electron chi connectivity index (χ4n) is 4.24. The number of carbonyl (C=O) groups is 2. The number of fused-ring (bicyclic) bond motifs is 1. The van der Waals surface area contributed by atoms with Crippen LogP contribution in [-0.2, 0) is 4.79 Å². The van der Waals surface area contributed by atoms with E-state index in [0.29, 0.717) is 17.1 Å². The number of nitrogens with zero attached hydrogens (tertiary/aromatic N) is 3. The molecule has 0 saturated heterocycles. The van der Waals surface area contributed by atoms with E-state index in [2.05, 4.69) is 14.9 Å². The molecule has 162 valence electrons. The van der Waals surface area contributed by atoms with Crippen LogP contribution >= 0.6 is 0 Å². The number of hydrogen-bond donors (Lipinski definition) is 3. The highest BCUT2D eigenvalue weighted by molar-refractivity contribution is 5.99. The van der Waals surface area contributed by atoms with Crippen molar-refractivity contribution in [3.8, 4) is 11.5 Å². The molecule has 4 rings (SSSR count). The lowest BCUT2D eigenvalue weighted by molar-refractivity contribution is -0.141. The van der Waals surface area contributed by atoms with E-state index in [1.54, 1.807) is 18.3 Å². The van der Waals surface area contributed by atoms with E-state index < -0.39 is 24.0 Å². The van der Waals surface area contributed by atoms with E-state index in [0.717, 1.165) is 29.9 Å². The zero-order valence-corrected chi connectivity index (χ0v) is 17.4. The highest BCUT2D eigenvalue weighted by Crippen LogP contribution is 2.35. The molecular weight excluding hydrogens is 396 g/mol. The van der Waals surface area contributed by atoms with Crippen LogP contribution in [0.3, 0.4) is 0 Å². The fourth-order valence-corrected chi connectivity index (χ4v) is 4.24. The summed E-state index contributed by atoms with van der Waals surface area (Å²) in [4.78, 5) is 33.2. The first-order chi connectivity index (χ1) is 15.0. The summed E-state index contributed by atoms with van der Waals surface area (Å²) < 4.78 is 2.23. The number of pyridine rings is 1. The molecule has 1 aliphatic carbocycles. The van der Waals surface area contributed by atoms with Crippen LogP contribution in [0.1, 0.15) is 55.4 Å². The molecule has 1 aromatic carbocycles. The van der Waals surface area contributed by atoms with Gasteiger partial charge in [0.15, 0.2) is 11.9 Å². The summed E-state index contributed by atoms with van der Waals surface area (Å²) in [6.07, 6.45) is 6.24. The van der Waals surface area contributed by atoms with E-state index in [9.17, 15) is 19.8 Å². The van der Waals surface area contributed by atoms with Crippen LogP contribution in [0.15, 0.2) is 42.6 Å². The number of hydrogen-bond acceptors (Lipinski definition) is 5. The predicted molar refractivity (Wildman–Crippen MR) is 116 cm³/mol. The molecule has 1 aliphatic rings. The molecule has 31 heavy (non-hydrogen) atoms. The van der Waals surface area contributed by atoms with Gasteiger partial charge in [-0.05, 0) is 50.1 Å². The van der Waals surface area contributed by atoms with Crippen molar-refractivity contribution >= 4 is 22.9 Å². The van der Waals surface area contributed by atoms with Crippen molar-refractivity contribution < 1.29 is 19.8 Å². The largest absolute Gasteiger partial charge is 0.480 e. The molecule has 1 amide bonds. The number of amides is 1. The number of benzene rings is 1. The molecular formula is C23H26N4O4. The van der Waals surface area contributed by atoms with Gasteiger partial charge in [0.1, 0.15) is 5.69 Å². The predicted octanol–water partition coefficient (Wildman–Crippen LogP) is 3.17. The summed E-state index contributed by atoms with van der Waals surface area (Å²) in [6, 6.07) is 9.84. The Balaban J connectivity index is 1.74. The summed E-state index contributed by atoms with van der Waals surface area (Å²) in [7, 11) is 0. The maximum atomic E-state index is 12.6. The van der Waals surface area contributed by atoms with Crippen molar-refractivity contribution in [2.45, 2.75) is 57.2 Å². The molecule has 3 aromatic rings. The van der Waals surface area contributed by atoms with Gasteiger partial charge < -0.3 is 20.1 Å². The number of aromatic nitrogens is 3. The van der Waals surface area contributed by atoms with Gasteiger partial charge in [0.25, 0.3) is 5.91 Å². The Morgan fingerprint density at radius 2 is 1.94 bits per heavy atom. The average molecular weight is 422 g/mol. The van der Waals surface area contributed by atoms with E-state index in [4.69, 9.17) is 4.98 Å². The summed E-state index contributed by atoms with van der Waals surface area (Å²) in [5.41, 5.74) is 2.65. The SMILES string of the molecule is C[C@@H](O)[C@H](NC(=O)c1ccc2c(c1)nc(-c1ccccn1)n2C1CCCCC1)C(=O)O. The van der Waals surface area contributed by atoms with Gasteiger partial charge in [-0.1, -0.05) is 25.3 Å². The van der Waals surface area contributed by atoms with Gasteiger partial charge in [-0.2, -0.15) is 0 Å². The van der Waals surface area contributed by atoms with Gasteiger partial charge in [0.05, 0.1) is 17.1 Å². The van der Waals surface area contributed by atoms with Crippen LogP contribution < -0.4 is 5.32 Å². The Kier molecular flexibility index (Phi) is 5.99. The topological polar surface area (TPSA) is 117 Å². The second-order valence-electron chi connectivity index (χ2n) is 8.05. The molecule has 8 heteroatoms. The van der Waals surface area contributed by atoms with E-state index in [1.807, 2.05) is 24.3 Å². The van der Waals surface area contributed by atoms with Crippen molar-refractivity contribution in [1.82, 2.24) is 19.9 Å². The van der Waals surface area contributed by atoms with Gasteiger partial charge in [0.2, 0.25) is 0 Å². The molecule has 2 atom stereocenters. The van der Waals surface area contributed by atoms with Crippen molar-refractivity contribution in [3.05, 3.63) is 48.2 Å². The second-order valence-corrected chi connectivity index (χ2v) is 8.05. The van der Waals surface area contributed by atoms with E-state index >= 15 is 0 Å². The lowest BCUT2D eigenvalue weighted by Gasteiger charge is -2.25. The number of rotatable bonds is 6. The van der Waals surface area contributed by atoms with Crippen molar-refractivity contribution in [2.24, 2.45) is 0 Å². The van der Waals surface area contributed by atoms with Crippen LogP contribution in [0.4, 0.5) is 0 Å². The maximum Gasteiger partial charge on any atom is 0.328 e. The van der Waals surface area contributed by atoms with E-state index in [1.165, 1.54) is 26.2 Å². The molecule has 8 nitrogen and oxygen atoms in total. The first-order valence-electron chi connectivity index (χ1n) is 10.6. The minimum Gasteiger partial charge on any atom is -0.480 e. The number of carboxylic acid groups (broad SMARTS) is 1. The first kappa shape index (κ1) is 21.0. The Morgan fingerprint density at radius 3 is 2.58 bits per heavy atom. The van der Waals surface area contributed by atoms with Crippen LogP contribution in [-0.4, -0.2) is 48.8 Å². The minimum absolute atomic E-state index is 0.292. The highest BCUT2D eigenvalue weighted by Gasteiger charge is 2.27. The summed E-state index contributed by atoms with van der Waals surface area (Å²) in [5.74, 6) is -1.09. The molecule has 2 aromatic heterocycles. The van der Waals surface area contributed by atoms with Gasteiger partial charge in [-0.3, -0.25) is 9.78 Å². The van der Waals surface area contributed by atoms with Crippen LogP contribution in [0, 0.1) is 0 Å². The molecule has 3 N–H and O–H groups in total. The monoisotopic (exact) mass is 422 g/mol. The Morgan fingerprint density at radius 1 is 1.16 bits per heavy atom. The number of aliphatic hydroxyl groups excluding tert-OH is 1. The number of carbonyl (C=O) groups excluding carboxylic acids is 1. The van der Waals surface area contributed by atoms with E-state index in [-0.39, 0.29) is 0 Å². The van der Waals surface area contributed by atoms with Crippen LogP contribution in [0.2, 0.25) is 0 Å². The summed E-state index contributed by atoms with van der Waals surface area (Å²) in [5, 5.41) is 21.2. The first-order valence-corrected chi connectivity index (χ1v) is 10.6. The van der Waals surface area contributed by atoms with Crippen molar-refractivity contribution in [3.63, 3.8) is 0 Å². The van der Waals surface area contributed by atoms with Crippen LogP contribution in [0.5, 0.6) is 0 Å². The third-order valence-electron chi connectivity index (χ3n) is 5.82. The number of nitrogens with one attached hydrogen (secondary N) is 1. The normalized spacial score (nSPS) is 16.7. The third-order valence-corrected chi connectivity index (χ3v) is 5.82. The summed E-state index contributed by atoms with van der Waals surface area (Å²) in [6.45, 7) is 1.33. The molecule has 0 unspecified atom stereocenters. The van der Waals surface area contributed by atoms with Gasteiger partial charge in [-0.25, -0.2) is 9.78 Å². The minimum atomic E-state index is -1.38. The zero-order chi connectivity index (χ0) is 22.0. The fraction of sp³-hybridized carbons (Fsp3) is 0.391. The third kappa shape index (κ3) is 4.29. The van der Waals surface area contributed by atoms with Gasteiger partial charge >= 0.3 is 5.97 Å². The van der Waals surface area contributed by atoms with Crippen LogP contribution in [0.25, 0.3) is 22.6 Å². The number of imidazole rings is 1. The molecule has 0 radical (unpaired) electrons. The van der Waals surface area contributed by atoms with Gasteiger partial charge in [0, 0.05) is 17.8 Å². The average Bonchev–Trinajstić information content (AvgIpc) is 3.16. The summed E-state index contributed by atoms with van der Waals surface area (Å²) >= 11 is 0. The lowest BCUT2D eigenvalue weighted by Crippen LogP contribution is -2.47. The highest BCUT2D eigenvalue weighted by atomic mass is 16.4. The second kappa shape index (κ2) is 8.85. The van der Waals surface area contributed by atoms with Crippen molar-refractivity contribution in [1.29, 1.82) is 0 Å². The molecule has 0 bridgehead atoms. The smallest absolute Gasteiger partial charge is 0.328 e. The molecule has 0 aliphatic heterocycles. The molecule has 0 spiro atoms. The molecule has 1 fully saturated rings. The Bertz CT molecular complexity index is 1090. The number of carboxylic acids is 1. The van der Waals surface area contributed by atoms with Crippen molar-refractivity contribution in [2.75, 3.05) is 0 Å². The standard InChI is InChI=1S/C23H26N4O4/c1-14(28)20(23(30)31)26-22(29)15-10-11-19-18(13-15)25-21(17-9-5-6-12-24-17)27(19)16-7-3-2-4-8-16/h5-6,9-14,16,20,28H,2-4,7-8H2,1H3,(H,26,29)(H,30,31)/t14-,20+/m1/s1. The Labute approximate surface area is 179 Å². The van der Waals surface area contributed by atoms with Gasteiger partial charge in [-0.15, -0.1) is 0 Å². The quantitative estimate of drug-likeness (QED) is 0.562. The number of aliphatic carboxylic acids is 1. The number of aliphatic hydroxyl groups is 1. The Hall–Kier alpha value is -3.26. The molecule has 1 saturated carbocycles. The zero-order valence-electron chi connectivity index (χ0n) is 17.4.